The van der Waals surface area contributed by atoms with Crippen molar-refractivity contribution in [1.82, 2.24) is 4.31 Å². The van der Waals surface area contributed by atoms with Gasteiger partial charge in [0.05, 0.1) is 23.8 Å². The maximum absolute atomic E-state index is 12.6. The highest BCUT2D eigenvalue weighted by atomic mass is 32.2. The average Bonchev–Trinajstić information content (AvgIpc) is 3.05. The second-order valence-electron chi connectivity index (χ2n) is 7.32. The molecular formula is C23H29N3O6S. The van der Waals surface area contributed by atoms with Gasteiger partial charge in [-0.3, -0.25) is 4.79 Å². The number of nitrogens with zero attached hydrogens (tertiary/aromatic N) is 2. The van der Waals surface area contributed by atoms with Gasteiger partial charge in [0, 0.05) is 31.3 Å². The minimum atomic E-state index is -3.52. The maximum Gasteiger partial charge on any atom is 0.265 e. The Morgan fingerprint density at radius 2 is 1.73 bits per heavy atom. The number of carbonyl (C=O) groups is 1. The Bertz CT molecular complexity index is 1100. The fraction of sp³-hybridized carbons (Fsp3) is 0.391. The number of hydrogen-bond donors (Lipinski definition) is 1. The van der Waals surface area contributed by atoms with Crippen LogP contribution in [0.4, 0.5) is 5.69 Å². The van der Waals surface area contributed by atoms with Crippen LogP contribution in [-0.4, -0.2) is 57.3 Å². The quantitative estimate of drug-likeness (QED) is 0.441. The Morgan fingerprint density at radius 1 is 1.06 bits per heavy atom. The van der Waals surface area contributed by atoms with Crippen molar-refractivity contribution in [3.8, 4) is 11.5 Å². The molecule has 0 aromatic heterocycles. The second-order valence-corrected chi connectivity index (χ2v) is 9.26. The molecule has 33 heavy (non-hydrogen) atoms. The Kier molecular flexibility index (Phi) is 8.29. The molecule has 0 aliphatic carbocycles. The summed E-state index contributed by atoms with van der Waals surface area (Å²) in [6.07, 6.45) is 0.802. The summed E-state index contributed by atoms with van der Waals surface area (Å²) >= 11 is 0. The first-order chi connectivity index (χ1) is 15.8. The van der Waals surface area contributed by atoms with Crippen LogP contribution in [-0.2, 0) is 19.7 Å². The van der Waals surface area contributed by atoms with Gasteiger partial charge >= 0.3 is 0 Å². The number of nitrogens with one attached hydrogen (secondary N) is 1. The zero-order chi connectivity index (χ0) is 23.8. The molecule has 0 atom stereocenters. The van der Waals surface area contributed by atoms with Crippen molar-refractivity contribution in [2.24, 2.45) is 5.16 Å². The molecular weight excluding hydrogens is 446 g/mol. The fourth-order valence-electron chi connectivity index (χ4n) is 3.26. The molecule has 2 aromatic rings. The summed E-state index contributed by atoms with van der Waals surface area (Å²) in [5.74, 6) is 0.867. The van der Waals surface area contributed by atoms with Gasteiger partial charge in [-0.15, -0.1) is 0 Å². The van der Waals surface area contributed by atoms with E-state index in [9.17, 15) is 13.2 Å². The minimum Gasteiger partial charge on any atom is -0.490 e. The number of oxime groups is 1. The van der Waals surface area contributed by atoms with Gasteiger partial charge in [-0.05, 0) is 36.8 Å². The first kappa shape index (κ1) is 24.5. The summed E-state index contributed by atoms with van der Waals surface area (Å²) in [5, 5.41) is 6.70. The van der Waals surface area contributed by atoms with E-state index in [1.54, 1.807) is 63.2 Å². The molecule has 10 heteroatoms. The first-order valence-corrected chi connectivity index (χ1v) is 12.3. The van der Waals surface area contributed by atoms with E-state index in [-0.39, 0.29) is 17.4 Å². The van der Waals surface area contributed by atoms with Crippen molar-refractivity contribution in [2.45, 2.75) is 32.1 Å². The molecule has 0 saturated carbocycles. The third kappa shape index (κ3) is 6.23. The van der Waals surface area contributed by atoms with Crippen molar-refractivity contribution in [3.05, 3.63) is 48.0 Å². The number of amides is 1. The molecule has 0 fully saturated rings. The summed E-state index contributed by atoms with van der Waals surface area (Å²) in [6, 6.07) is 11.6. The van der Waals surface area contributed by atoms with Crippen LogP contribution in [0.5, 0.6) is 11.5 Å². The molecule has 1 aliphatic rings. The number of anilines is 1. The van der Waals surface area contributed by atoms with Crippen molar-refractivity contribution in [3.63, 3.8) is 0 Å². The topological polar surface area (TPSA) is 107 Å². The van der Waals surface area contributed by atoms with E-state index < -0.39 is 10.0 Å². The van der Waals surface area contributed by atoms with E-state index in [4.69, 9.17) is 14.3 Å². The average molecular weight is 476 g/mol. The van der Waals surface area contributed by atoms with Crippen LogP contribution >= 0.6 is 0 Å². The van der Waals surface area contributed by atoms with Gasteiger partial charge in [0.2, 0.25) is 10.0 Å². The second kappa shape index (κ2) is 11.2. The highest BCUT2D eigenvalue weighted by molar-refractivity contribution is 7.89. The lowest BCUT2D eigenvalue weighted by molar-refractivity contribution is -0.120. The zero-order valence-corrected chi connectivity index (χ0v) is 19.9. The lowest BCUT2D eigenvalue weighted by atomic mass is 10.1. The minimum absolute atomic E-state index is 0.221. The number of sulfonamides is 1. The fourth-order valence-corrected chi connectivity index (χ4v) is 4.72. The Morgan fingerprint density at radius 3 is 2.39 bits per heavy atom. The van der Waals surface area contributed by atoms with Gasteiger partial charge in [-0.2, -0.15) is 4.31 Å². The van der Waals surface area contributed by atoms with Crippen LogP contribution in [0.15, 0.2) is 52.5 Å². The molecule has 2 aromatic carbocycles. The summed E-state index contributed by atoms with van der Waals surface area (Å²) in [5.41, 5.74) is 1.78. The molecule has 0 saturated heterocycles. The smallest absolute Gasteiger partial charge is 0.265 e. The summed E-state index contributed by atoms with van der Waals surface area (Å²) in [4.78, 5) is 17.6. The van der Waals surface area contributed by atoms with Gasteiger partial charge in [-0.1, -0.05) is 31.1 Å². The number of hydrogen-bond acceptors (Lipinski definition) is 7. The molecule has 1 aliphatic heterocycles. The number of rotatable bonds is 9. The number of benzene rings is 2. The lowest BCUT2D eigenvalue weighted by Gasteiger charge is -2.18. The van der Waals surface area contributed by atoms with Crippen LogP contribution in [0.1, 0.15) is 32.8 Å². The standard InChI is InChI=1S/C23H29N3O6S/c1-4-26(5-2)33(28,29)20-10-7-18(8-11-20)17(3)25-32-16-23(27)24-19-9-12-21-22(15-19)31-14-6-13-30-21/h7-12,15H,4-6,13-14,16H2,1-3H3,(H,24,27). The summed E-state index contributed by atoms with van der Waals surface area (Å²) < 4.78 is 37.8. The van der Waals surface area contributed by atoms with Gasteiger partial charge in [0.15, 0.2) is 18.1 Å². The monoisotopic (exact) mass is 475 g/mol. The summed E-state index contributed by atoms with van der Waals surface area (Å²) in [6.45, 7) is 7.01. The van der Waals surface area contributed by atoms with Gasteiger partial charge in [0.25, 0.3) is 5.91 Å². The van der Waals surface area contributed by atoms with Crippen LogP contribution in [0.25, 0.3) is 0 Å². The van der Waals surface area contributed by atoms with Gasteiger partial charge in [0.1, 0.15) is 0 Å². The highest BCUT2D eigenvalue weighted by Crippen LogP contribution is 2.32. The molecule has 0 spiro atoms. The third-order valence-corrected chi connectivity index (χ3v) is 7.11. The molecule has 1 heterocycles. The molecule has 1 N–H and O–H groups in total. The molecule has 3 rings (SSSR count). The Hall–Kier alpha value is -3.11. The maximum atomic E-state index is 12.6. The Labute approximate surface area is 194 Å². The van der Waals surface area contributed by atoms with Gasteiger partial charge < -0.3 is 19.6 Å². The van der Waals surface area contributed by atoms with E-state index >= 15 is 0 Å². The van der Waals surface area contributed by atoms with E-state index in [0.29, 0.717) is 54.8 Å². The van der Waals surface area contributed by atoms with Crippen LogP contribution < -0.4 is 14.8 Å². The van der Waals surface area contributed by atoms with E-state index in [2.05, 4.69) is 10.5 Å². The lowest BCUT2D eigenvalue weighted by Crippen LogP contribution is -2.30. The molecule has 0 bridgehead atoms. The van der Waals surface area contributed by atoms with Crippen molar-refractivity contribution in [2.75, 3.05) is 38.2 Å². The predicted molar refractivity (Wildman–Crippen MR) is 125 cm³/mol. The van der Waals surface area contributed by atoms with Crippen LogP contribution in [0, 0.1) is 0 Å². The van der Waals surface area contributed by atoms with E-state index in [1.807, 2.05) is 0 Å². The summed E-state index contributed by atoms with van der Waals surface area (Å²) in [7, 11) is -3.52. The molecule has 1 amide bonds. The van der Waals surface area contributed by atoms with Crippen molar-refractivity contribution in [1.29, 1.82) is 0 Å². The van der Waals surface area contributed by atoms with Gasteiger partial charge in [-0.25, -0.2) is 8.42 Å². The predicted octanol–water partition coefficient (Wildman–Crippen LogP) is 3.26. The van der Waals surface area contributed by atoms with Crippen molar-refractivity contribution >= 4 is 27.3 Å². The zero-order valence-electron chi connectivity index (χ0n) is 19.0. The van der Waals surface area contributed by atoms with Crippen LogP contribution in [0.2, 0.25) is 0 Å². The SMILES string of the molecule is CCN(CC)S(=O)(=O)c1ccc(C(C)=NOCC(=O)Nc2ccc3c(c2)OCCCO3)cc1. The largest absolute Gasteiger partial charge is 0.490 e. The molecule has 9 nitrogen and oxygen atoms in total. The molecule has 0 radical (unpaired) electrons. The van der Waals surface area contributed by atoms with E-state index in [1.165, 1.54) is 4.31 Å². The number of carbonyl (C=O) groups excluding carboxylic acids is 1. The number of ether oxygens (including phenoxy) is 2. The third-order valence-electron chi connectivity index (χ3n) is 5.04. The Balaban J connectivity index is 1.56. The normalized spacial score (nSPS) is 14.0. The van der Waals surface area contributed by atoms with E-state index in [0.717, 1.165) is 6.42 Å². The first-order valence-electron chi connectivity index (χ1n) is 10.8. The number of fused-ring (bicyclic) bond motifs is 1. The molecule has 178 valence electrons. The van der Waals surface area contributed by atoms with Crippen molar-refractivity contribution < 1.29 is 27.5 Å². The highest BCUT2D eigenvalue weighted by Gasteiger charge is 2.21. The van der Waals surface area contributed by atoms with Crippen LogP contribution in [0.3, 0.4) is 0 Å². The molecule has 0 unspecified atom stereocenters.